The summed E-state index contributed by atoms with van der Waals surface area (Å²) in [6, 6.07) is 22.4. The second-order valence-electron chi connectivity index (χ2n) is 7.56. The Morgan fingerprint density at radius 3 is 1.50 bits per heavy atom. The van der Waals surface area contributed by atoms with Crippen molar-refractivity contribution in [1.29, 1.82) is 0 Å². The number of hydrogen-bond acceptors (Lipinski definition) is 4. The highest BCUT2D eigenvalue weighted by atomic mass is 32.2. The lowest BCUT2D eigenvalue weighted by Gasteiger charge is -2.05. The summed E-state index contributed by atoms with van der Waals surface area (Å²) in [5.41, 5.74) is 2.80. The molecule has 0 saturated heterocycles. The number of nitrogens with zero attached hydrogens (tertiary/aromatic N) is 2. The topological polar surface area (TPSA) is 24.7 Å². The summed E-state index contributed by atoms with van der Waals surface area (Å²) in [6.45, 7) is 0. The summed E-state index contributed by atoms with van der Waals surface area (Å²) in [7, 11) is 0. The van der Waals surface area contributed by atoms with Crippen LogP contribution in [0.1, 0.15) is 36.8 Å². The van der Waals surface area contributed by atoms with Crippen molar-refractivity contribution in [3.8, 4) is 0 Å². The molecule has 28 heavy (non-hydrogen) atoms. The molecule has 2 aliphatic rings. The molecule has 0 radical (unpaired) electrons. The molecular formula is C24H28N2S2. The van der Waals surface area contributed by atoms with Gasteiger partial charge in [-0.3, -0.25) is 9.98 Å². The third-order valence-corrected chi connectivity index (χ3v) is 7.59. The Morgan fingerprint density at radius 1 is 0.643 bits per heavy atom. The van der Waals surface area contributed by atoms with E-state index in [4.69, 9.17) is 9.98 Å². The zero-order valence-corrected chi connectivity index (χ0v) is 17.9. The molecule has 0 unspecified atom stereocenters. The van der Waals surface area contributed by atoms with E-state index in [9.17, 15) is 0 Å². The Balaban J connectivity index is 1.15. The third-order valence-electron chi connectivity index (χ3n) is 5.20. The van der Waals surface area contributed by atoms with Gasteiger partial charge in [0.2, 0.25) is 0 Å². The molecule has 0 amide bonds. The maximum atomic E-state index is 4.96. The predicted octanol–water partition coefficient (Wildman–Crippen LogP) is 6.06. The summed E-state index contributed by atoms with van der Waals surface area (Å²) in [5, 5.41) is 2.73. The lowest BCUT2D eigenvalue weighted by molar-refractivity contribution is 0.746. The first kappa shape index (κ1) is 19.8. The van der Waals surface area contributed by atoms with Gasteiger partial charge in [-0.15, -0.1) is 23.5 Å². The number of benzene rings is 2. The summed E-state index contributed by atoms with van der Waals surface area (Å²) in [4.78, 5) is 9.91. The van der Waals surface area contributed by atoms with E-state index in [2.05, 4.69) is 60.7 Å². The van der Waals surface area contributed by atoms with Crippen molar-refractivity contribution in [2.75, 3.05) is 11.5 Å². The number of aliphatic imine (C=N–C) groups is 2. The summed E-state index contributed by atoms with van der Waals surface area (Å²) < 4.78 is 0. The highest BCUT2D eigenvalue weighted by molar-refractivity contribution is 8.14. The van der Waals surface area contributed by atoms with E-state index in [0.29, 0.717) is 12.1 Å². The second-order valence-corrected chi connectivity index (χ2v) is 9.75. The largest absolute Gasteiger partial charge is 0.278 e. The van der Waals surface area contributed by atoms with E-state index >= 15 is 0 Å². The van der Waals surface area contributed by atoms with Crippen LogP contribution in [-0.4, -0.2) is 33.7 Å². The van der Waals surface area contributed by atoms with E-state index in [0.717, 1.165) is 37.2 Å². The van der Waals surface area contributed by atoms with Gasteiger partial charge < -0.3 is 0 Å². The van der Waals surface area contributed by atoms with Gasteiger partial charge in [0.25, 0.3) is 0 Å². The summed E-state index contributed by atoms with van der Waals surface area (Å²) >= 11 is 3.94. The van der Waals surface area contributed by atoms with Crippen LogP contribution in [-0.2, 0) is 12.8 Å². The van der Waals surface area contributed by atoms with Crippen LogP contribution in [0.25, 0.3) is 0 Å². The first-order chi connectivity index (χ1) is 13.8. The van der Waals surface area contributed by atoms with Crippen molar-refractivity contribution < 1.29 is 0 Å². The minimum atomic E-state index is 0.468. The zero-order valence-electron chi connectivity index (χ0n) is 16.3. The van der Waals surface area contributed by atoms with Crippen molar-refractivity contribution in [1.82, 2.24) is 0 Å². The minimum absolute atomic E-state index is 0.468. The van der Waals surface area contributed by atoms with E-state index in [-0.39, 0.29) is 0 Å². The molecule has 2 aromatic carbocycles. The van der Waals surface area contributed by atoms with Crippen molar-refractivity contribution in [3.05, 3.63) is 71.8 Å². The van der Waals surface area contributed by atoms with Gasteiger partial charge in [0.15, 0.2) is 0 Å². The first-order valence-corrected chi connectivity index (χ1v) is 12.3. The van der Waals surface area contributed by atoms with Crippen LogP contribution in [0.15, 0.2) is 70.6 Å². The van der Waals surface area contributed by atoms with Gasteiger partial charge in [-0.25, -0.2) is 0 Å². The molecular weight excluding hydrogens is 380 g/mol. The molecule has 4 rings (SSSR count). The van der Waals surface area contributed by atoms with Gasteiger partial charge in [0.05, 0.1) is 22.2 Å². The molecule has 0 fully saturated rings. The Kier molecular flexibility index (Phi) is 7.29. The molecule has 2 aliphatic heterocycles. The van der Waals surface area contributed by atoms with Gasteiger partial charge in [-0.05, 0) is 49.7 Å². The summed E-state index contributed by atoms with van der Waals surface area (Å²) in [5.74, 6) is 2.29. The zero-order chi connectivity index (χ0) is 19.0. The van der Waals surface area contributed by atoms with E-state index < -0.39 is 0 Å². The van der Waals surface area contributed by atoms with Gasteiger partial charge in [0.1, 0.15) is 0 Å². The highest BCUT2D eigenvalue weighted by Crippen LogP contribution is 2.27. The van der Waals surface area contributed by atoms with Crippen molar-refractivity contribution >= 4 is 33.6 Å². The molecule has 2 aromatic rings. The van der Waals surface area contributed by atoms with Gasteiger partial charge >= 0.3 is 0 Å². The van der Waals surface area contributed by atoms with Gasteiger partial charge in [0, 0.05) is 11.5 Å². The van der Waals surface area contributed by atoms with Crippen LogP contribution >= 0.6 is 23.5 Å². The van der Waals surface area contributed by atoms with Gasteiger partial charge in [-0.1, -0.05) is 60.7 Å². The van der Waals surface area contributed by atoms with Gasteiger partial charge in [-0.2, -0.15) is 0 Å². The van der Waals surface area contributed by atoms with Crippen LogP contribution in [0.4, 0.5) is 0 Å². The average molecular weight is 409 g/mol. The normalized spacial score (nSPS) is 21.6. The monoisotopic (exact) mass is 408 g/mol. The Hall–Kier alpha value is -1.52. The highest BCUT2D eigenvalue weighted by Gasteiger charge is 2.20. The number of thioether (sulfide) groups is 2. The molecule has 2 atom stereocenters. The Morgan fingerprint density at radius 2 is 1.07 bits per heavy atom. The number of hydrogen-bond donors (Lipinski definition) is 0. The molecule has 0 aliphatic carbocycles. The van der Waals surface area contributed by atoms with Crippen LogP contribution in [0.2, 0.25) is 0 Å². The Bertz CT molecular complexity index is 732. The molecule has 0 aromatic heterocycles. The first-order valence-electron chi connectivity index (χ1n) is 10.3. The fraction of sp³-hybridized carbons (Fsp3) is 0.417. The van der Waals surface area contributed by atoms with Crippen molar-refractivity contribution in [3.63, 3.8) is 0 Å². The van der Waals surface area contributed by atoms with E-state index in [1.807, 2.05) is 23.5 Å². The molecule has 0 spiro atoms. The minimum Gasteiger partial charge on any atom is -0.278 e. The molecule has 2 heterocycles. The smallest absolute Gasteiger partial charge is 0.0680 e. The van der Waals surface area contributed by atoms with Crippen LogP contribution in [0, 0.1) is 0 Å². The second kappa shape index (κ2) is 10.3. The van der Waals surface area contributed by atoms with Crippen LogP contribution in [0.3, 0.4) is 0 Å². The quantitative estimate of drug-likeness (QED) is 0.471. The predicted molar refractivity (Wildman–Crippen MR) is 126 cm³/mol. The number of rotatable bonds is 9. The summed E-state index contributed by atoms with van der Waals surface area (Å²) in [6.07, 6.45) is 6.89. The fourth-order valence-electron chi connectivity index (χ4n) is 3.75. The fourth-order valence-corrected chi connectivity index (χ4v) is 5.93. The van der Waals surface area contributed by atoms with Crippen molar-refractivity contribution in [2.45, 2.75) is 50.6 Å². The lowest BCUT2D eigenvalue weighted by atomic mass is 10.1. The average Bonchev–Trinajstić information content (AvgIpc) is 3.36. The Labute approximate surface area is 177 Å². The maximum Gasteiger partial charge on any atom is 0.0680 e. The third kappa shape index (κ3) is 5.99. The lowest BCUT2D eigenvalue weighted by Crippen LogP contribution is -2.07. The molecule has 146 valence electrons. The van der Waals surface area contributed by atoms with E-state index in [1.165, 1.54) is 34.1 Å². The van der Waals surface area contributed by atoms with Crippen LogP contribution < -0.4 is 0 Å². The molecule has 0 saturated carbocycles. The van der Waals surface area contributed by atoms with Crippen molar-refractivity contribution in [2.24, 2.45) is 9.98 Å². The molecule has 4 heteroatoms. The van der Waals surface area contributed by atoms with Crippen LogP contribution in [0.5, 0.6) is 0 Å². The maximum absolute atomic E-state index is 4.96. The molecule has 0 bridgehead atoms. The number of unbranched alkanes of at least 4 members (excludes halogenated alkanes) is 1. The standard InChI is InChI=1S/C24H28N2S2/c1-3-9-19(10-4-1)15-21-17-27-23(25-21)13-7-8-14-24-26-22(18-28-24)16-20-11-5-2-6-12-20/h1-6,9-12,21-22H,7-8,13-18H2/t21-,22-/m1/s1. The SMILES string of the molecule is c1ccc(C[C@@H]2CSC(CCCCC3=N[C@H](Cc4ccccc4)CS3)=N2)cc1. The molecule has 0 N–H and O–H groups in total. The molecule has 2 nitrogen and oxygen atoms in total. The van der Waals surface area contributed by atoms with E-state index in [1.54, 1.807) is 0 Å².